The van der Waals surface area contributed by atoms with Gasteiger partial charge in [0.1, 0.15) is 6.54 Å². The van der Waals surface area contributed by atoms with Gasteiger partial charge in [0.2, 0.25) is 10.0 Å². The Labute approximate surface area is 131 Å². The van der Waals surface area contributed by atoms with Crippen LogP contribution in [0.1, 0.15) is 6.42 Å². The number of fused-ring (bicyclic) bond motifs is 1. The largest absolute Gasteiger partial charge is 0.402 e. The summed E-state index contributed by atoms with van der Waals surface area (Å²) < 4.78 is 63.6. The van der Waals surface area contributed by atoms with Crippen molar-refractivity contribution in [3.05, 3.63) is 36.7 Å². The molecule has 0 unspecified atom stereocenters. The molecule has 1 heterocycles. The van der Waals surface area contributed by atoms with E-state index in [0.717, 1.165) is 0 Å². The predicted octanol–water partition coefficient (Wildman–Crippen LogP) is 2.70. The molecule has 0 N–H and O–H groups in total. The van der Waals surface area contributed by atoms with Gasteiger partial charge < -0.3 is 0 Å². The van der Waals surface area contributed by atoms with E-state index < -0.39 is 29.3 Å². The SMILES string of the molecule is N#CCCN(CC(F)(F)F)S(=O)(=O)c1cccc2cnccc12. The third-order valence-corrected chi connectivity index (χ3v) is 4.99. The number of rotatable bonds is 5. The fourth-order valence-electron chi connectivity index (χ4n) is 2.12. The second-order valence-corrected chi connectivity index (χ2v) is 6.62. The number of halogens is 3. The molecule has 2 rings (SSSR count). The van der Waals surface area contributed by atoms with Crippen molar-refractivity contribution in [3.63, 3.8) is 0 Å². The van der Waals surface area contributed by atoms with E-state index in [0.29, 0.717) is 5.39 Å². The van der Waals surface area contributed by atoms with E-state index in [-0.39, 0.29) is 21.0 Å². The molecule has 5 nitrogen and oxygen atoms in total. The first-order valence-corrected chi connectivity index (χ1v) is 7.96. The van der Waals surface area contributed by atoms with Crippen LogP contribution in [0.5, 0.6) is 0 Å². The lowest BCUT2D eigenvalue weighted by atomic mass is 10.2. The third kappa shape index (κ3) is 3.97. The molecule has 1 aromatic heterocycles. The first-order valence-electron chi connectivity index (χ1n) is 6.52. The van der Waals surface area contributed by atoms with Gasteiger partial charge in [0.15, 0.2) is 0 Å². The lowest BCUT2D eigenvalue weighted by Crippen LogP contribution is -2.39. The normalized spacial score (nSPS) is 12.5. The maximum atomic E-state index is 12.7. The van der Waals surface area contributed by atoms with Crippen molar-refractivity contribution in [3.8, 4) is 6.07 Å². The molecule has 9 heteroatoms. The molecule has 0 radical (unpaired) electrons. The molecule has 23 heavy (non-hydrogen) atoms. The Balaban J connectivity index is 2.53. The summed E-state index contributed by atoms with van der Waals surface area (Å²) in [6.07, 6.45) is -2.24. The lowest BCUT2D eigenvalue weighted by molar-refractivity contribution is -0.136. The number of pyridine rings is 1. The molecular weight excluding hydrogens is 331 g/mol. The van der Waals surface area contributed by atoms with Gasteiger partial charge in [0, 0.05) is 36.1 Å². The third-order valence-electron chi connectivity index (χ3n) is 3.09. The summed E-state index contributed by atoms with van der Waals surface area (Å²) in [5.41, 5.74) is 0. The summed E-state index contributed by atoms with van der Waals surface area (Å²) in [4.78, 5) is 3.62. The van der Waals surface area contributed by atoms with Gasteiger partial charge >= 0.3 is 6.18 Å². The van der Waals surface area contributed by atoms with E-state index in [4.69, 9.17) is 5.26 Å². The first-order chi connectivity index (χ1) is 10.8. The van der Waals surface area contributed by atoms with Gasteiger partial charge in [-0.3, -0.25) is 4.98 Å². The highest BCUT2D eigenvalue weighted by Crippen LogP contribution is 2.27. The second kappa shape index (κ2) is 6.52. The average Bonchev–Trinajstić information content (AvgIpc) is 2.49. The number of nitrogens with zero attached hydrogens (tertiary/aromatic N) is 3. The highest BCUT2D eigenvalue weighted by molar-refractivity contribution is 7.89. The van der Waals surface area contributed by atoms with Crippen molar-refractivity contribution in [1.29, 1.82) is 5.26 Å². The second-order valence-electron chi connectivity index (χ2n) is 4.71. The maximum absolute atomic E-state index is 12.7. The van der Waals surface area contributed by atoms with E-state index >= 15 is 0 Å². The molecule has 0 aliphatic heterocycles. The minimum Gasteiger partial charge on any atom is -0.264 e. The van der Waals surface area contributed by atoms with Crippen LogP contribution in [0.4, 0.5) is 13.2 Å². The van der Waals surface area contributed by atoms with Gasteiger partial charge in [-0.15, -0.1) is 0 Å². The Morgan fingerprint density at radius 3 is 2.65 bits per heavy atom. The Hall–Kier alpha value is -2.18. The number of nitriles is 1. The molecule has 0 aliphatic carbocycles. The van der Waals surface area contributed by atoms with Gasteiger partial charge in [-0.2, -0.15) is 22.7 Å². The van der Waals surface area contributed by atoms with Crippen molar-refractivity contribution in [2.75, 3.05) is 13.1 Å². The number of hydrogen-bond donors (Lipinski definition) is 0. The van der Waals surface area contributed by atoms with Gasteiger partial charge in [-0.05, 0) is 12.1 Å². The fraction of sp³-hybridized carbons (Fsp3) is 0.286. The Morgan fingerprint density at radius 2 is 2.00 bits per heavy atom. The predicted molar refractivity (Wildman–Crippen MR) is 76.8 cm³/mol. The van der Waals surface area contributed by atoms with Crippen LogP contribution in [0, 0.1) is 11.3 Å². The zero-order valence-corrected chi connectivity index (χ0v) is 12.6. The van der Waals surface area contributed by atoms with Crippen LogP contribution in [-0.4, -0.2) is 37.0 Å². The molecule has 0 fully saturated rings. The van der Waals surface area contributed by atoms with Crippen molar-refractivity contribution in [2.24, 2.45) is 0 Å². The number of hydrogen-bond acceptors (Lipinski definition) is 4. The van der Waals surface area contributed by atoms with Crippen molar-refractivity contribution in [2.45, 2.75) is 17.5 Å². The number of benzene rings is 1. The monoisotopic (exact) mass is 343 g/mol. The summed E-state index contributed by atoms with van der Waals surface area (Å²) in [5.74, 6) is 0. The van der Waals surface area contributed by atoms with Crippen molar-refractivity contribution < 1.29 is 21.6 Å². The van der Waals surface area contributed by atoms with Crippen LogP contribution in [0.25, 0.3) is 10.8 Å². The van der Waals surface area contributed by atoms with Crippen LogP contribution in [0.3, 0.4) is 0 Å². The molecule has 122 valence electrons. The van der Waals surface area contributed by atoms with E-state index in [9.17, 15) is 21.6 Å². The van der Waals surface area contributed by atoms with Gasteiger partial charge in [0.05, 0.1) is 11.0 Å². The van der Waals surface area contributed by atoms with E-state index in [1.165, 1.54) is 30.6 Å². The first kappa shape index (κ1) is 17.2. The molecule has 0 saturated carbocycles. The quantitative estimate of drug-likeness (QED) is 0.837. The Bertz CT molecular complexity index is 839. The molecule has 0 spiro atoms. The highest BCUT2D eigenvalue weighted by Gasteiger charge is 2.37. The van der Waals surface area contributed by atoms with Gasteiger partial charge in [-0.1, -0.05) is 12.1 Å². The van der Waals surface area contributed by atoms with Crippen LogP contribution >= 0.6 is 0 Å². The molecule has 0 aliphatic rings. The van der Waals surface area contributed by atoms with E-state index in [2.05, 4.69) is 4.98 Å². The molecular formula is C14H12F3N3O2S. The standard InChI is InChI=1S/C14H12F3N3O2S/c15-14(16,17)10-20(8-2-6-18)23(21,22)13-4-1-3-11-9-19-7-5-12(11)13/h1,3-5,7,9H,2,8,10H2. The van der Waals surface area contributed by atoms with Gasteiger partial charge in [0.25, 0.3) is 0 Å². The molecule has 0 saturated heterocycles. The van der Waals surface area contributed by atoms with Crippen molar-refractivity contribution >= 4 is 20.8 Å². The summed E-state index contributed by atoms with van der Waals surface area (Å²) in [6.45, 7) is -2.17. The molecule has 2 aromatic rings. The van der Waals surface area contributed by atoms with E-state index in [1.807, 2.05) is 0 Å². The molecule has 0 amide bonds. The van der Waals surface area contributed by atoms with Gasteiger partial charge in [-0.25, -0.2) is 8.42 Å². The zero-order valence-electron chi connectivity index (χ0n) is 11.8. The lowest BCUT2D eigenvalue weighted by Gasteiger charge is -2.23. The smallest absolute Gasteiger partial charge is 0.264 e. The molecule has 0 atom stereocenters. The van der Waals surface area contributed by atoms with Crippen LogP contribution < -0.4 is 0 Å². The molecule has 0 bridgehead atoms. The minimum absolute atomic E-state index is 0.236. The summed E-state index contributed by atoms with van der Waals surface area (Å²) in [5, 5.41) is 9.35. The topological polar surface area (TPSA) is 74.1 Å². The van der Waals surface area contributed by atoms with Crippen LogP contribution in [0.15, 0.2) is 41.6 Å². The highest BCUT2D eigenvalue weighted by atomic mass is 32.2. The number of sulfonamides is 1. The Morgan fingerprint density at radius 1 is 1.26 bits per heavy atom. The fourth-order valence-corrected chi connectivity index (χ4v) is 3.76. The van der Waals surface area contributed by atoms with E-state index in [1.54, 1.807) is 12.1 Å². The summed E-state index contributed by atoms with van der Waals surface area (Å²) in [7, 11) is -4.40. The summed E-state index contributed by atoms with van der Waals surface area (Å²) >= 11 is 0. The number of alkyl halides is 3. The van der Waals surface area contributed by atoms with Crippen LogP contribution in [0.2, 0.25) is 0 Å². The molecule has 1 aromatic carbocycles. The minimum atomic E-state index is -4.70. The number of aromatic nitrogens is 1. The maximum Gasteiger partial charge on any atom is 0.402 e. The Kier molecular flexibility index (Phi) is 4.87. The van der Waals surface area contributed by atoms with Crippen LogP contribution in [-0.2, 0) is 10.0 Å². The average molecular weight is 343 g/mol. The summed E-state index contributed by atoms with van der Waals surface area (Å²) in [6, 6.07) is 7.39. The zero-order chi connectivity index (χ0) is 17.1. The van der Waals surface area contributed by atoms with Crippen molar-refractivity contribution in [1.82, 2.24) is 9.29 Å².